The number of nitrogens with zero attached hydrogens (tertiary/aromatic N) is 1. The van der Waals surface area contributed by atoms with Crippen molar-refractivity contribution in [2.24, 2.45) is 5.73 Å². The molecule has 4 heteroatoms. The van der Waals surface area contributed by atoms with Gasteiger partial charge in [-0.3, -0.25) is 4.98 Å². The number of pyridine rings is 1. The van der Waals surface area contributed by atoms with E-state index in [1.165, 1.54) is 12.2 Å². The number of thioether (sulfide) groups is 1. The molecule has 0 aliphatic rings. The van der Waals surface area contributed by atoms with Crippen molar-refractivity contribution in [3.05, 3.63) is 28.5 Å². The van der Waals surface area contributed by atoms with Crippen molar-refractivity contribution in [1.29, 1.82) is 0 Å². The highest BCUT2D eigenvalue weighted by Gasteiger charge is 2.04. The number of hydrogen-bond acceptors (Lipinski definition) is 3. The molecule has 2 nitrogen and oxygen atoms in total. The molecular weight excluding hydrogens is 272 g/mol. The van der Waals surface area contributed by atoms with Crippen molar-refractivity contribution < 1.29 is 0 Å². The van der Waals surface area contributed by atoms with Gasteiger partial charge in [0.15, 0.2) is 0 Å². The highest BCUT2D eigenvalue weighted by atomic mass is 79.9. The largest absolute Gasteiger partial charge is 0.327 e. The maximum atomic E-state index is 6.01. The summed E-state index contributed by atoms with van der Waals surface area (Å²) in [5.74, 6) is 2.22. The molecule has 2 N–H and O–H groups in total. The van der Waals surface area contributed by atoms with Crippen LogP contribution < -0.4 is 5.73 Å². The fourth-order valence-corrected chi connectivity index (χ4v) is 2.34. The summed E-state index contributed by atoms with van der Waals surface area (Å²) in [5.41, 5.74) is 7.08. The molecular formula is C11H17BrN2S. The van der Waals surface area contributed by atoms with E-state index in [2.05, 4.69) is 27.8 Å². The standard InChI is InChI=1S/C11H17BrN2S/c1-2-5-15-8-10(13)6-11-4-3-9(12)7-14-11/h3-4,7,10H,2,5-6,8,13H2,1H3. The maximum absolute atomic E-state index is 6.01. The zero-order valence-corrected chi connectivity index (χ0v) is 11.4. The third-order valence-corrected chi connectivity index (χ3v) is 3.77. The highest BCUT2D eigenvalue weighted by Crippen LogP contribution is 2.10. The first-order valence-electron chi connectivity index (χ1n) is 5.16. The summed E-state index contributed by atoms with van der Waals surface area (Å²) < 4.78 is 1.01. The molecule has 0 aromatic carbocycles. The van der Waals surface area contributed by atoms with Gasteiger partial charge in [0.25, 0.3) is 0 Å². The summed E-state index contributed by atoms with van der Waals surface area (Å²) in [5, 5.41) is 0. The van der Waals surface area contributed by atoms with E-state index in [0.717, 1.165) is 22.3 Å². The van der Waals surface area contributed by atoms with Crippen LogP contribution in [0.25, 0.3) is 0 Å². The van der Waals surface area contributed by atoms with Crippen molar-refractivity contribution in [3.63, 3.8) is 0 Å². The van der Waals surface area contributed by atoms with Gasteiger partial charge in [-0.25, -0.2) is 0 Å². The fourth-order valence-electron chi connectivity index (χ4n) is 1.23. The van der Waals surface area contributed by atoms with Crippen LogP contribution in [0.3, 0.4) is 0 Å². The quantitative estimate of drug-likeness (QED) is 0.818. The first kappa shape index (κ1) is 13.0. The van der Waals surface area contributed by atoms with Gasteiger partial charge in [-0.15, -0.1) is 0 Å². The molecule has 0 fully saturated rings. The molecule has 0 radical (unpaired) electrons. The Morgan fingerprint density at radius 2 is 2.33 bits per heavy atom. The zero-order valence-electron chi connectivity index (χ0n) is 8.95. The molecule has 1 atom stereocenters. The van der Waals surface area contributed by atoms with Crippen LogP contribution in [0.1, 0.15) is 19.0 Å². The Kier molecular flexibility index (Phi) is 6.29. The smallest absolute Gasteiger partial charge is 0.0420 e. The molecule has 84 valence electrons. The summed E-state index contributed by atoms with van der Waals surface area (Å²) in [6.07, 6.45) is 3.90. The summed E-state index contributed by atoms with van der Waals surface area (Å²) >= 11 is 5.29. The second kappa shape index (κ2) is 7.25. The minimum absolute atomic E-state index is 0.218. The lowest BCUT2D eigenvalue weighted by Crippen LogP contribution is -2.26. The Morgan fingerprint density at radius 3 is 2.93 bits per heavy atom. The Bertz CT molecular complexity index is 276. The lowest BCUT2D eigenvalue weighted by atomic mass is 10.2. The van der Waals surface area contributed by atoms with Gasteiger partial charge in [-0.1, -0.05) is 6.92 Å². The van der Waals surface area contributed by atoms with Crippen LogP contribution in [0.4, 0.5) is 0 Å². The third kappa shape index (κ3) is 5.54. The van der Waals surface area contributed by atoms with Crippen molar-refractivity contribution >= 4 is 27.7 Å². The van der Waals surface area contributed by atoms with Crippen molar-refractivity contribution in [1.82, 2.24) is 4.98 Å². The molecule has 15 heavy (non-hydrogen) atoms. The van der Waals surface area contributed by atoms with E-state index in [1.54, 1.807) is 0 Å². The van der Waals surface area contributed by atoms with E-state index < -0.39 is 0 Å². The van der Waals surface area contributed by atoms with Gasteiger partial charge in [-0.05, 0) is 40.2 Å². The molecule has 0 saturated heterocycles. The van der Waals surface area contributed by atoms with Crippen LogP contribution >= 0.6 is 27.7 Å². The second-order valence-corrected chi connectivity index (χ2v) is 5.57. The van der Waals surface area contributed by atoms with Gasteiger partial charge in [0.1, 0.15) is 0 Å². The van der Waals surface area contributed by atoms with Crippen LogP contribution in [-0.4, -0.2) is 22.5 Å². The van der Waals surface area contributed by atoms with Crippen LogP contribution in [0.2, 0.25) is 0 Å². The minimum atomic E-state index is 0.218. The third-order valence-electron chi connectivity index (χ3n) is 1.94. The zero-order chi connectivity index (χ0) is 11.1. The van der Waals surface area contributed by atoms with Crippen molar-refractivity contribution in [2.45, 2.75) is 25.8 Å². The molecule has 0 amide bonds. The number of hydrogen-bond donors (Lipinski definition) is 1. The normalized spacial score (nSPS) is 12.7. The molecule has 1 heterocycles. The number of nitrogens with two attached hydrogens (primary N) is 1. The SMILES string of the molecule is CCCSCC(N)Cc1ccc(Br)cn1. The molecule has 0 spiro atoms. The Morgan fingerprint density at radius 1 is 1.53 bits per heavy atom. The van der Waals surface area contributed by atoms with Gasteiger partial charge in [0.2, 0.25) is 0 Å². The molecule has 1 aromatic rings. The minimum Gasteiger partial charge on any atom is -0.327 e. The first-order valence-corrected chi connectivity index (χ1v) is 7.11. The second-order valence-electron chi connectivity index (χ2n) is 3.51. The molecule has 0 aliphatic heterocycles. The number of aromatic nitrogens is 1. The monoisotopic (exact) mass is 288 g/mol. The van der Waals surface area contributed by atoms with Crippen LogP contribution in [0.15, 0.2) is 22.8 Å². The summed E-state index contributed by atoms with van der Waals surface area (Å²) in [6, 6.07) is 4.25. The van der Waals surface area contributed by atoms with Crippen molar-refractivity contribution in [3.8, 4) is 0 Å². The Hall–Kier alpha value is -0.0600. The Balaban J connectivity index is 2.31. The van der Waals surface area contributed by atoms with Gasteiger partial charge in [-0.2, -0.15) is 11.8 Å². The fraction of sp³-hybridized carbons (Fsp3) is 0.545. The maximum Gasteiger partial charge on any atom is 0.0420 e. The number of rotatable bonds is 6. The van der Waals surface area contributed by atoms with E-state index in [9.17, 15) is 0 Å². The summed E-state index contributed by atoms with van der Waals surface area (Å²) in [7, 11) is 0. The van der Waals surface area contributed by atoms with E-state index >= 15 is 0 Å². The van der Waals surface area contributed by atoms with Gasteiger partial charge < -0.3 is 5.73 Å². The molecule has 0 bridgehead atoms. The predicted molar refractivity (Wildman–Crippen MR) is 71.2 cm³/mol. The summed E-state index contributed by atoms with van der Waals surface area (Å²) in [4.78, 5) is 4.31. The Labute approximate surface area is 104 Å². The highest BCUT2D eigenvalue weighted by molar-refractivity contribution is 9.10. The molecule has 0 saturated carbocycles. The predicted octanol–water partition coefficient (Wildman–Crippen LogP) is 2.86. The van der Waals surface area contributed by atoms with Crippen molar-refractivity contribution in [2.75, 3.05) is 11.5 Å². The lowest BCUT2D eigenvalue weighted by molar-refractivity contribution is 0.731. The number of halogens is 1. The molecule has 0 aliphatic carbocycles. The van der Waals surface area contributed by atoms with Crippen LogP contribution in [0.5, 0.6) is 0 Å². The lowest BCUT2D eigenvalue weighted by Gasteiger charge is -2.10. The van der Waals surface area contributed by atoms with Gasteiger partial charge in [0, 0.05) is 34.6 Å². The van der Waals surface area contributed by atoms with E-state index in [4.69, 9.17) is 5.73 Å². The topological polar surface area (TPSA) is 38.9 Å². The average molecular weight is 289 g/mol. The first-order chi connectivity index (χ1) is 7.22. The van der Waals surface area contributed by atoms with E-state index in [-0.39, 0.29) is 6.04 Å². The molecule has 1 rings (SSSR count). The van der Waals surface area contributed by atoms with E-state index in [1.807, 2.05) is 30.1 Å². The van der Waals surface area contributed by atoms with Crippen LogP contribution in [-0.2, 0) is 6.42 Å². The molecule has 1 aromatic heterocycles. The van der Waals surface area contributed by atoms with Gasteiger partial charge >= 0.3 is 0 Å². The summed E-state index contributed by atoms with van der Waals surface area (Å²) in [6.45, 7) is 2.19. The van der Waals surface area contributed by atoms with E-state index in [0.29, 0.717) is 0 Å². The van der Waals surface area contributed by atoms with Gasteiger partial charge in [0.05, 0.1) is 0 Å². The molecule has 1 unspecified atom stereocenters. The average Bonchev–Trinajstić information content (AvgIpc) is 2.22. The van der Waals surface area contributed by atoms with Crippen LogP contribution in [0, 0.1) is 0 Å².